The molecule has 0 aliphatic heterocycles. The van der Waals surface area contributed by atoms with Gasteiger partial charge in [-0.3, -0.25) is 9.59 Å². The summed E-state index contributed by atoms with van der Waals surface area (Å²) in [4.78, 5) is 57.2. The van der Waals surface area contributed by atoms with Gasteiger partial charge < -0.3 is 50.9 Å². The lowest BCUT2D eigenvalue weighted by Crippen LogP contribution is -2.45. The Labute approximate surface area is 611 Å². The molecule has 2 fully saturated rings. The number of esters is 5. The van der Waals surface area contributed by atoms with Gasteiger partial charge in [0, 0.05) is 6.42 Å². The second-order valence-corrected chi connectivity index (χ2v) is 31.0. The van der Waals surface area contributed by atoms with Crippen molar-refractivity contribution >= 4 is 91.8 Å². The summed E-state index contributed by atoms with van der Waals surface area (Å²) in [5.41, 5.74) is -0.0285. The topological polar surface area (TPSA) is 431 Å². The largest absolute Gasteiger partial charge is 0.747 e. The Kier molecular flexibility index (Phi) is 37.8. The molecule has 110 heavy (non-hydrogen) atoms. The molecule has 0 N–H and O–H groups in total. The van der Waals surface area contributed by atoms with E-state index in [1.165, 1.54) is 47.8 Å². The van der Waals surface area contributed by atoms with Crippen LogP contribution in [0.25, 0.3) is 0 Å². The Morgan fingerprint density at radius 3 is 0.964 bits per heavy atom. The van der Waals surface area contributed by atoms with Crippen molar-refractivity contribution in [3.8, 4) is 0 Å². The summed E-state index contributed by atoms with van der Waals surface area (Å²) in [5.74, 6) is -21.0. The molecule has 0 radical (unpaired) electrons. The standard InChI is InChI=1S/C12H17F5O5S.C12H11F5O5S.C11H17F3O5S.C10H9F5O6S.C10H9F5O5S2/c2*13-11(14,15)9(12(16,17)23(19,20)21)6-7-22-10(18)8-4-2-1-3-5-8;12-11(13,14)9(20(16,17)18)6-7-19-10(15)8-4-2-1-3-5-8;11-9(12,13)7(10(14,15)22(17,18)19)3-5-21-8(16)6-2-1-4-20-6;11-9(12,13)7(10(14,15)22(17,18)19)3-4-20-8(16)6-2-1-5-21-6/h8-9H,1-7H2,(H,19,20,21);1-5,9H,6-7H2,(H,19,20,21);8-9H,1-7H2,(H,16,17,18);1-2,4,7H,3,5H2,(H,17,18,19);1-2,5,7H,3-4H2,(H,17,18,19)/p-5. The van der Waals surface area contributed by atoms with Crippen LogP contribution >= 0.6 is 11.3 Å². The molecule has 2 heterocycles. The predicted molar refractivity (Wildman–Crippen MR) is 315 cm³/mol. The third-order valence-corrected chi connectivity index (χ3v) is 20.6. The van der Waals surface area contributed by atoms with Gasteiger partial charge in [0.15, 0.2) is 40.5 Å². The number of carbonyl (C=O) groups is 5. The molecule has 636 valence electrons. The van der Waals surface area contributed by atoms with E-state index in [9.17, 15) is 190 Å². The first-order valence-corrected chi connectivity index (χ1v) is 38.2. The fourth-order valence-electron chi connectivity index (χ4n) is 9.11. The molecule has 0 saturated heterocycles. The van der Waals surface area contributed by atoms with Crippen LogP contribution in [0.2, 0.25) is 0 Å². The van der Waals surface area contributed by atoms with Crippen LogP contribution in [-0.4, -0.2) is 185 Å². The first kappa shape index (κ1) is 101. The Balaban J connectivity index is 0.000000688. The molecular weight excluding hydrogens is 1710 g/mol. The average Bonchev–Trinajstić information content (AvgIpc) is 1.73. The van der Waals surface area contributed by atoms with Crippen LogP contribution in [0.1, 0.15) is 127 Å². The number of hydrogen-bond acceptors (Lipinski definition) is 27. The zero-order valence-corrected chi connectivity index (χ0v) is 59.7. The van der Waals surface area contributed by atoms with E-state index in [0.29, 0.717) is 25.7 Å². The van der Waals surface area contributed by atoms with Gasteiger partial charge in [0.1, 0.15) is 43.9 Å². The van der Waals surface area contributed by atoms with Crippen LogP contribution in [0.3, 0.4) is 0 Å². The van der Waals surface area contributed by atoms with Gasteiger partial charge in [0.05, 0.1) is 56.7 Å². The number of hydrogen-bond donors (Lipinski definition) is 0. The Hall–Kier alpha value is -6.51. The number of furan rings is 1. The summed E-state index contributed by atoms with van der Waals surface area (Å²) < 4.78 is 475. The zero-order valence-electron chi connectivity index (χ0n) is 54.8. The molecule has 2 saturated carbocycles. The van der Waals surface area contributed by atoms with E-state index < -0.39 is 232 Å². The molecule has 2 aliphatic carbocycles. The molecule has 5 atom stereocenters. The third-order valence-electron chi connectivity index (χ3n) is 14.8. The average molecular weight is 1760 g/mol. The van der Waals surface area contributed by atoms with Crippen LogP contribution in [-0.2, 0) is 83.9 Å². The number of halogens is 23. The number of ether oxygens (including phenoxy) is 5. The highest BCUT2D eigenvalue weighted by atomic mass is 32.2. The van der Waals surface area contributed by atoms with Crippen molar-refractivity contribution in [2.45, 2.75) is 153 Å². The molecule has 1 aromatic carbocycles. The number of rotatable bonds is 29. The van der Waals surface area contributed by atoms with Crippen LogP contribution in [0.4, 0.5) is 101 Å². The lowest BCUT2D eigenvalue weighted by molar-refractivity contribution is -0.224. The van der Waals surface area contributed by atoms with Gasteiger partial charge in [-0.25, -0.2) is 56.5 Å². The Morgan fingerprint density at radius 1 is 0.382 bits per heavy atom. The monoisotopic (exact) mass is 1760 g/mol. The van der Waals surface area contributed by atoms with Crippen molar-refractivity contribution in [2.75, 3.05) is 33.0 Å². The van der Waals surface area contributed by atoms with E-state index in [4.69, 9.17) is 0 Å². The Morgan fingerprint density at radius 2 is 0.691 bits per heavy atom. The van der Waals surface area contributed by atoms with E-state index in [1.54, 1.807) is 6.07 Å². The van der Waals surface area contributed by atoms with E-state index in [1.807, 2.05) is 0 Å². The minimum Gasteiger partial charge on any atom is -0.747 e. The highest BCUT2D eigenvalue weighted by Crippen LogP contribution is 2.47. The SMILES string of the molecule is O=C(OCCC(C(F)(F)F)C(F)(F)S(=O)(=O)[O-])C1CCCCC1.O=C(OCCC(C(F)(F)F)C(F)(F)S(=O)(=O)[O-])c1ccccc1.O=C(OCCC(C(F)(F)F)C(F)(F)S(=O)(=O)[O-])c1ccco1.O=C(OCCC(C(F)(F)F)C(F)(F)S(=O)(=O)[O-])c1cccs1.O=C(OCCC(C(F)(F)F)S(=O)(=O)[O-])C1CCCCC1. The predicted octanol–water partition coefficient (Wildman–Crippen LogP) is 12.1. The second kappa shape index (κ2) is 41.0. The lowest BCUT2D eigenvalue weighted by Gasteiger charge is -2.30. The summed E-state index contributed by atoms with van der Waals surface area (Å²) in [6, 6.07) is 12.1. The third kappa shape index (κ3) is 32.5. The van der Waals surface area contributed by atoms with Crippen molar-refractivity contribution in [3.05, 3.63) is 82.4 Å². The lowest BCUT2D eigenvalue weighted by atomic mass is 9.89. The van der Waals surface area contributed by atoms with E-state index in [-0.39, 0.29) is 22.1 Å². The number of benzene rings is 1. The van der Waals surface area contributed by atoms with Crippen molar-refractivity contribution in [1.82, 2.24) is 0 Å². The van der Waals surface area contributed by atoms with Crippen molar-refractivity contribution in [3.63, 3.8) is 0 Å². The van der Waals surface area contributed by atoms with Gasteiger partial charge in [-0.15, -0.1) is 11.3 Å². The molecular formula is C55H58F23O26S6-5. The summed E-state index contributed by atoms with van der Waals surface area (Å²) in [7, 11) is -31.6. The first-order chi connectivity index (χ1) is 49.6. The summed E-state index contributed by atoms with van der Waals surface area (Å²) in [5, 5.41) is -23.8. The highest BCUT2D eigenvalue weighted by Gasteiger charge is 2.63. The fraction of sp³-hybridized carbons (Fsp3) is 0.655. The zero-order chi connectivity index (χ0) is 85.5. The van der Waals surface area contributed by atoms with E-state index in [0.717, 1.165) is 62.2 Å². The number of carbonyl (C=O) groups excluding carboxylic acids is 5. The minimum atomic E-state index is -6.54. The molecule has 55 heteroatoms. The smallest absolute Gasteiger partial charge is 0.404 e. The number of alkyl halides is 23. The fourth-order valence-corrected chi connectivity index (χ4v) is 12.8. The molecule has 2 aliphatic rings. The maximum absolute atomic E-state index is 13.2. The van der Waals surface area contributed by atoms with Crippen LogP contribution in [0.15, 0.2) is 70.7 Å². The van der Waals surface area contributed by atoms with Gasteiger partial charge >= 0.3 is 81.7 Å². The molecule has 0 spiro atoms. The van der Waals surface area contributed by atoms with Crippen molar-refractivity contribution < 1.29 is 218 Å². The number of thiophene rings is 1. The maximum Gasteiger partial charge on any atom is 0.404 e. The van der Waals surface area contributed by atoms with Crippen LogP contribution in [0.5, 0.6) is 0 Å². The summed E-state index contributed by atoms with van der Waals surface area (Å²) in [6.07, 6.45) is -26.6. The molecule has 0 amide bonds. The van der Waals surface area contributed by atoms with E-state index >= 15 is 0 Å². The van der Waals surface area contributed by atoms with Gasteiger partial charge in [-0.05, 0) is 87.1 Å². The molecule has 26 nitrogen and oxygen atoms in total. The minimum absolute atomic E-state index is 0.0285. The summed E-state index contributed by atoms with van der Waals surface area (Å²) >= 11 is 0.914. The van der Waals surface area contributed by atoms with Gasteiger partial charge in [0.25, 0.3) is 0 Å². The second-order valence-electron chi connectivity index (χ2n) is 22.6. The maximum atomic E-state index is 13.2. The first-order valence-electron chi connectivity index (χ1n) is 30.2. The molecule has 3 aromatic rings. The highest BCUT2D eigenvalue weighted by molar-refractivity contribution is 7.87. The normalized spacial score (nSPS) is 16.5. The van der Waals surface area contributed by atoms with Crippen LogP contribution in [0, 0.1) is 35.5 Å². The summed E-state index contributed by atoms with van der Waals surface area (Å²) in [6.45, 7) is -5.20. The van der Waals surface area contributed by atoms with Gasteiger partial charge in [-0.2, -0.15) is 101 Å². The van der Waals surface area contributed by atoms with Crippen LogP contribution < -0.4 is 0 Å². The Bertz CT molecular complexity index is 3870. The molecule has 5 rings (SSSR count). The van der Waals surface area contributed by atoms with E-state index in [2.05, 4.69) is 28.1 Å². The quantitative estimate of drug-likeness (QED) is 0.0269. The molecule has 2 aromatic heterocycles. The van der Waals surface area contributed by atoms with Gasteiger partial charge in [-0.1, -0.05) is 62.8 Å². The molecule has 0 bridgehead atoms. The van der Waals surface area contributed by atoms with Crippen molar-refractivity contribution in [1.29, 1.82) is 0 Å². The molecule has 5 unspecified atom stereocenters. The van der Waals surface area contributed by atoms with Crippen molar-refractivity contribution in [2.24, 2.45) is 35.5 Å². The van der Waals surface area contributed by atoms with Gasteiger partial charge in [0.2, 0.25) is 5.76 Å².